The third kappa shape index (κ3) is 3.51. The van der Waals surface area contributed by atoms with Crippen molar-refractivity contribution in [2.24, 2.45) is 5.41 Å². The van der Waals surface area contributed by atoms with Gasteiger partial charge < -0.3 is 4.74 Å². The summed E-state index contributed by atoms with van der Waals surface area (Å²) in [5.41, 5.74) is 0.371. The highest BCUT2D eigenvalue weighted by Gasteiger charge is 2.41. The SMILES string of the molecule is C=CCC1(C)CCCN(C(=O)OCc2ccccc2)C1=O. The Kier molecular flexibility index (Phi) is 4.78. The van der Waals surface area contributed by atoms with Crippen LogP contribution in [0.5, 0.6) is 0 Å². The van der Waals surface area contributed by atoms with Gasteiger partial charge in [-0.1, -0.05) is 43.3 Å². The van der Waals surface area contributed by atoms with Crippen molar-refractivity contribution in [3.8, 4) is 0 Å². The third-order valence-electron chi connectivity index (χ3n) is 3.89. The number of imide groups is 1. The monoisotopic (exact) mass is 287 g/mol. The second kappa shape index (κ2) is 6.57. The average molecular weight is 287 g/mol. The topological polar surface area (TPSA) is 46.6 Å². The van der Waals surface area contributed by atoms with Crippen LogP contribution in [0.1, 0.15) is 31.7 Å². The molecule has 1 unspecified atom stereocenters. The van der Waals surface area contributed by atoms with Crippen molar-refractivity contribution in [2.75, 3.05) is 6.54 Å². The van der Waals surface area contributed by atoms with E-state index in [9.17, 15) is 9.59 Å². The first-order valence-corrected chi connectivity index (χ1v) is 7.20. The van der Waals surface area contributed by atoms with Gasteiger partial charge in [0, 0.05) is 6.54 Å². The lowest BCUT2D eigenvalue weighted by Crippen LogP contribution is -2.50. The fourth-order valence-corrected chi connectivity index (χ4v) is 2.64. The number of rotatable bonds is 4. The number of carbonyl (C=O) groups excluding carboxylic acids is 2. The summed E-state index contributed by atoms with van der Waals surface area (Å²) in [5, 5.41) is 0. The van der Waals surface area contributed by atoms with Crippen LogP contribution in [-0.4, -0.2) is 23.4 Å². The highest BCUT2D eigenvalue weighted by Crippen LogP contribution is 2.34. The first-order valence-electron chi connectivity index (χ1n) is 7.20. The van der Waals surface area contributed by atoms with Crippen molar-refractivity contribution in [1.82, 2.24) is 4.90 Å². The number of piperidine rings is 1. The molecule has 1 aromatic carbocycles. The van der Waals surface area contributed by atoms with Crippen LogP contribution in [-0.2, 0) is 16.1 Å². The highest BCUT2D eigenvalue weighted by molar-refractivity contribution is 5.95. The summed E-state index contributed by atoms with van der Waals surface area (Å²) >= 11 is 0. The normalized spacial score (nSPS) is 22.0. The average Bonchev–Trinajstić information content (AvgIpc) is 2.49. The van der Waals surface area contributed by atoms with Crippen LogP contribution >= 0.6 is 0 Å². The van der Waals surface area contributed by atoms with Crippen molar-refractivity contribution < 1.29 is 14.3 Å². The molecule has 0 aromatic heterocycles. The van der Waals surface area contributed by atoms with Gasteiger partial charge in [0.05, 0.1) is 5.41 Å². The Morgan fingerprint density at radius 3 is 2.81 bits per heavy atom. The molecule has 0 saturated carbocycles. The molecule has 1 atom stereocenters. The summed E-state index contributed by atoms with van der Waals surface area (Å²) in [6.07, 6.45) is 3.33. The molecule has 0 spiro atoms. The van der Waals surface area contributed by atoms with Crippen molar-refractivity contribution in [3.05, 3.63) is 48.6 Å². The zero-order valence-corrected chi connectivity index (χ0v) is 12.4. The smallest absolute Gasteiger partial charge is 0.416 e. The van der Waals surface area contributed by atoms with E-state index in [-0.39, 0.29) is 12.5 Å². The number of allylic oxidation sites excluding steroid dienone is 1. The molecule has 2 rings (SSSR count). The molecule has 112 valence electrons. The Morgan fingerprint density at radius 1 is 1.43 bits per heavy atom. The number of hydrogen-bond donors (Lipinski definition) is 0. The fraction of sp³-hybridized carbons (Fsp3) is 0.412. The lowest BCUT2D eigenvalue weighted by Gasteiger charge is -2.37. The first-order chi connectivity index (χ1) is 10.1. The molecule has 1 saturated heterocycles. The largest absolute Gasteiger partial charge is 0.444 e. The van der Waals surface area contributed by atoms with Crippen molar-refractivity contribution >= 4 is 12.0 Å². The predicted octanol–water partition coefficient (Wildman–Crippen LogP) is 3.53. The van der Waals surface area contributed by atoms with Crippen LogP contribution in [0.3, 0.4) is 0 Å². The van der Waals surface area contributed by atoms with Gasteiger partial charge in [-0.15, -0.1) is 6.58 Å². The van der Waals surface area contributed by atoms with Crippen molar-refractivity contribution in [2.45, 2.75) is 32.8 Å². The van der Waals surface area contributed by atoms with Gasteiger partial charge in [0.2, 0.25) is 5.91 Å². The molecule has 0 aliphatic carbocycles. The predicted molar refractivity (Wildman–Crippen MR) is 80.5 cm³/mol. The fourth-order valence-electron chi connectivity index (χ4n) is 2.64. The second-order valence-corrected chi connectivity index (χ2v) is 5.65. The Balaban J connectivity index is 1.98. The molecule has 1 aromatic rings. The van der Waals surface area contributed by atoms with Gasteiger partial charge in [-0.3, -0.25) is 4.79 Å². The Hall–Kier alpha value is -2.10. The van der Waals surface area contributed by atoms with Crippen LogP contribution in [0.2, 0.25) is 0 Å². The molecule has 21 heavy (non-hydrogen) atoms. The zero-order valence-electron chi connectivity index (χ0n) is 12.4. The van der Waals surface area contributed by atoms with Gasteiger partial charge in [-0.2, -0.15) is 0 Å². The van der Waals surface area contributed by atoms with E-state index in [1.54, 1.807) is 6.08 Å². The number of nitrogens with zero attached hydrogens (tertiary/aromatic N) is 1. The molecule has 1 aliphatic rings. The molecule has 0 N–H and O–H groups in total. The van der Waals surface area contributed by atoms with Gasteiger partial charge in [-0.25, -0.2) is 9.69 Å². The highest BCUT2D eigenvalue weighted by atomic mass is 16.6. The van der Waals surface area contributed by atoms with Crippen LogP contribution < -0.4 is 0 Å². The molecule has 1 heterocycles. The summed E-state index contributed by atoms with van der Waals surface area (Å²) in [5.74, 6) is -0.160. The van der Waals surface area contributed by atoms with E-state index in [0.29, 0.717) is 13.0 Å². The summed E-state index contributed by atoms with van der Waals surface area (Å²) < 4.78 is 5.25. The van der Waals surface area contributed by atoms with E-state index >= 15 is 0 Å². The van der Waals surface area contributed by atoms with Crippen LogP contribution in [0.25, 0.3) is 0 Å². The summed E-state index contributed by atoms with van der Waals surface area (Å²) in [6, 6.07) is 9.44. The van der Waals surface area contributed by atoms with Crippen LogP contribution in [0, 0.1) is 5.41 Å². The van der Waals surface area contributed by atoms with Gasteiger partial charge in [0.25, 0.3) is 0 Å². The zero-order chi connectivity index (χ0) is 15.3. The second-order valence-electron chi connectivity index (χ2n) is 5.65. The van der Waals surface area contributed by atoms with E-state index in [4.69, 9.17) is 4.74 Å². The molecule has 4 heteroatoms. The number of benzene rings is 1. The van der Waals surface area contributed by atoms with E-state index in [1.807, 2.05) is 37.3 Å². The molecule has 1 fully saturated rings. The van der Waals surface area contributed by atoms with Crippen molar-refractivity contribution in [3.63, 3.8) is 0 Å². The summed E-state index contributed by atoms with van der Waals surface area (Å²) in [4.78, 5) is 25.8. The van der Waals surface area contributed by atoms with Crippen molar-refractivity contribution in [1.29, 1.82) is 0 Å². The third-order valence-corrected chi connectivity index (χ3v) is 3.89. The number of ether oxygens (including phenoxy) is 1. The van der Waals surface area contributed by atoms with E-state index in [1.165, 1.54) is 4.90 Å². The van der Waals surface area contributed by atoms with Crippen LogP contribution in [0.4, 0.5) is 4.79 Å². The number of carbonyl (C=O) groups is 2. The summed E-state index contributed by atoms with van der Waals surface area (Å²) in [6.45, 7) is 6.19. The maximum Gasteiger partial charge on any atom is 0.416 e. The maximum absolute atomic E-state index is 12.5. The van der Waals surface area contributed by atoms with Crippen LogP contribution in [0.15, 0.2) is 43.0 Å². The molecule has 4 nitrogen and oxygen atoms in total. The Morgan fingerprint density at radius 2 is 2.14 bits per heavy atom. The Labute approximate surface area is 125 Å². The molecule has 0 bridgehead atoms. The number of likely N-dealkylation sites (tertiary alicyclic amines) is 1. The lowest BCUT2D eigenvalue weighted by molar-refractivity contribution is -0.143. The first kappa shape index (κ1) is 15.3. The minimum absolute atomic E-state index is 0.160. The van der Waals surface area contributed by atoms with E-state index in [2.05, 4.69) is 6.58 Å². The molecule has 2 amide bonds. The maximum atomic E-state index is 12.5. The van der Waals surface area contributed by atoms with E-state index < -0.39 is 11.5 Å². The number of hydrogen-bond acceptors (Lipinski definition) is 3. The lowest BCUT2D eigenvalue weighted by atomic mass is 9.78. The minimum Gasteiger partial charge on any atom is -0.444 e. The summed E-state index contributed by atoms with van der Waals surface area (Å²) in [7, 11) is 0. The molecule has 1 aliphatic heterocycles. The minimum atomic E-state index is -0.557. The van der Waals surface area contributed by atoms with Gasteiger partial charge in [0.1, 0.15) is 6.61 Å². The standard InChI is InChI=1S/C17H21NO3/c1-3-10-17(2)11-7-12-18(15(17)19)16(20)21-13-14-8-5-4-6-9-14/h3-6,8-9H,1,7,10-13H2,2H3. The molecular weight excluding hydrogens is 266 g/mol. The van der Waals surface area contributed by atoms with Gasteiger partial charge in [-0.05, 0) is 24.8 Å². The molecular formula is C17H21NO3. The van der Waals surface area contributed by atoms with E-state index in [0.717, 1.165) is 18.4 Å². The Bertz CT molecular complexity index is 526. The molecule has 0 radical (unpaired) electrons. The number of amides is 2. The van der Waals surface area contributed by atoms with Gasteiger partial charge in [0.15, 0.2) is 0 Å². The van der Waals surface area contributed by atoms with Gasteiger partial charge >= 0.3 is 6.09 Å². The quantitative estimate of drug-likeness (QED) is 0.796.